The molecule has 5 nitrogen and oxygen atoms in total. The number of nitrogens with zero attached hydrogens (tertiary/aromatic N) is 2. The van der Waals surface area contributed by atoms with Crippen molar-refractivity contribution in [2.24, 2.45) is 5.92 Å². The fourth-order valence-corrected chi connectivity index (χ4v) is 3.02. The Balaban J connectivity index is 0.00000264. The molecule has 136 valence electrons. The van der Waals surface area contributed by atoms with Crippen molar-refractivity contribution < 1.29 is 9.84 Å². The van der Waals surface area contributed by atoms with Crippen LogP contribution in [0.4, 0.5) is 0 Å². The third-order valence-corrected chi connectivity index (χ3v) is 4.10. The van der Waals surface area contributed by atoms with E-state index in [1.54, 1.807) is 12.1 Å². The Hall–Kier alpha value is -1.19. The summed E-state index contributed by atoms with van der Waals surface area (Å²) in [6.07, 6.45) is 0.936. The Morgan fingerprint density at radius 1 is 1.29 bits per heavy atom. The molecule has 1 saturated heterocycles. The van der Waals surface area contributed by atoms with Gasteiger partial charge in [-0.1, -0.05) is 13.8 Å². The number of piperazine rings is 1. The van der Waals surface area contributed by atoms with Crippen LogP contribution in [0.3, 0.4) is 0 Å². The topological polar surface area (TPSA) is 68.5 Å². The second-order valence-electron chi connectivity index (χ2n) is 6.16. The number of phenolic OH excluding ortho intramolecular Hbond substituents is 1. The van der Waals surface area contributed by atoms with E-state index < -0.39 is 0 Å². The molecule has 1 atom stereocenters. The van der Waals surface area contributed by atoms with E-state index in [0.717, 1.165) is 38.2 Å². The fourth-order valence-electron chi connectivity index (χ4n) is 3.02. The molecule has 0 bridgehead atoms. The normalized spacial score (nSPS) is 15.8. The molecule has 1 aromatic carbocycles. The Morgan fingerprint density at radius 3 is 2.42 bits per heavy atom. The van der Waals surface area contributed by atoms with E-state index in [4.69, 9.17) is 4.74 Å². The molecule has 2 rings (SSSR count). The van der Waals surface area contributed by atoms with Crippen molar-refractivity contribution >= 4 is 24.8 Å². The summed E-state index contributed by atoms with van der Waals surface area (Å²) in [5.74, 6) is 1.03. The van der Waals surface area contributed by atoms with Gasteiger partial charge in [0.2, 0.25) is 0 Å². The number of benzene rings is 1. The van der Waals surface area contributed by atoms with E-state index in [1.165, 1.54) is 7.11 Å². The molecule has 0 aromatic heterocycles. The van der Waals surface area contributed by atoms with E-state index in [1.807, 2.05) is 0 Å². The largest absolute Gasteiger partial charge is 0.504 e. The molecule has 0 saturated carbocycles. The van der Waals surface area contributed by atoms with Gasteiger partial charge in [0.05, 0.1) is 18.7 Å². The maximum absolute atomic E-state index is 10.5. The van der Waals surface area contributed by atoms with E-state index in [-0.39, 0.29) is 36.6 Å². The van der Waals surface area contributed by atoms with E-state index in [9.17, 15) is 10.4 Å². The number of ether oxygens (including phenoxy) is 1. The van der Waals surface area contributed by atoms with E-state index in [2.05, 4.69) is 30.1 Å². The van der Waals surface area contributed by atoms with E-state index in [0.29, 0.717) is 17.2 Å². The molecule has 1 aromatic rings. The number of hydrogen-bond donors (Lipinski definition) is 2. The van der Waals surface area contributed by atoms with Crippen molar-refractivity contribution in [2.75, 3.05) is 33.3 Å². The molecule has 1 aliphatic heterocycles. The van der Waals surface area contributed by atoms with Crippen LogP contribution in [-0.2, 0) is 0 Å². The first kappa shape index (κ1) is 22.8. The summed E-state index contributed by atoms with van der Waals surface area (Å²) < 4.78 is 5.24. The first-order valence-electron chi connectivity index (χ1n) is 7.82. The number of halogens is 2. The monoisotopic (exact) mass is 375 g/mol. The minimum Gasteiger partial charge on any atom is -0.504 e. The van der Waals surface area contributed by atoms with Crippen LogP contribution in [-0.4, -0.2) is 43.3 Å². The van der Waals surface area contributed by atoms with Gasteiger partial charge in [0, 0.05) is 43.9 Å². The number of methoxy groups -OCH3 is 1. The molecule has 0 unspecified atom stereocenters. The quantitative estimate of drug-likeness (QED) is 0.827. The van der Waals surface area contributed by atoms with Gasteiger partial charge in [-0.3, -0.25) is 4.90 Å². The highest BCUT2D eigenvalue weighted by Crippen LogP contribution is 2.40. The highest BCUT2D eigenvalue weighted by atomic mass is 35.5. The van der Waals surface area contributed by atoms with Gasteiger partial charge in [0.15, 0.2) is 11.5 Å². The first-order chi connectivity index (χ1) is 10.6. The number of nitriles is 1. The summed E-state index contributed by atoms with van der Waals surface area (Å²) in [6, 6.07) is 5.64. The molecule has 7 heteroatoms. The maximum Gasteiger partial charge on any atom is 0.162 e. The van der Waals surface area contributed by atoms with Crippen LogP contribution in [0, 0.1) is 17.2 Å². The zero-order chi connectivity index (χ0) is 16.1. The SMILES string of the molecule is COc1cc(C#N)cc([C@@H](CC(C)C)N2CCNCC2)c1O.Cl.Cl. The summed E-state index contributed by atoms with van der Waals surface area (Å²) in [7, 11) is 1.52. The molecule has 1 heterocycles. The Morgan fingerprint density at radius 2 is 1.92 bits per heavy atom. The lowest BCUT2D eigenvalue weighted by Gasteiger charge is -2.36. The van der Waals surface area contributed by atoms with Gasteiger partial charge in [0.1, 0.15) is 0 Å². The van der Waals surface area contributed by atoms with Crippen molar-refractivity contribution in [3.63, 3.8) is 0 Å². The smallest absolute Gasteiger partial charge is 0.162 e. The number of hydrogen-bond acceptors (Lipinski definition) is 5. The lowest BCUT2D eigenvalue weighted by atomic mass is 9.93. The van der Waals surface area contributed by atoms with Crippen LogP contribution in [0.25, 0.3) is 0 Å². The first-order valence-corrected chi connectivity index (χ1v) is 7.82. The third-order valence-electron chi connectivity index (χ3n) is 4.10. The highest BCUT2D eigenvalue weighted by molar-refractivity contribution is 5.85. The molecule has 2 N–H and O–H groups in total. The predicted octanol–water partition coefficient (Wildman–Crippen LogP) is 3.11. The predicted molar refractivity (Wildman–Crippen MR) is 101 cm³/mol. The number of phenols is 1. The van der Waals surface area contributed by atoms with Crippen molar-refractivity contribution in [2.45, 2.75) is 26.3 Å². The number of rotatable bonds is 5. The van der Waals surface area contributed by atoms with Crippen LogP contribution in [0.5, 0.6) is 11.5 Å². The van der Waals surface area contributed by atoms with Crippen molar-refractivity contribution in [1.29, 1.82) is 5.26 Å². The molecule has 1 fully saturated rings. The Labute approximate surface area is 156 Å². The van der Waals surface area contributed by atoms with Crippen molar-refractivity contribution in [3.05, 3.63) is 23.3 Å². The molecular weight excluding hydrogens is 349 g/mol. The number of nitrogens with one attached hydrogen (secondary N) is 1. The summed E-state index contributed by atoms with van der Waals surface area (Å²) in [4.78, 5) is 2.38. The van der Waals surface area contributed by atoms with Crippen LogP contribution in [0.1, 0.15) is 37.4 Å². The van der Waals surface area contributed by atoms with Gasteiger partial charge >= 0.3 is 0 Å². The van der Waals surface area contributed by atoms with Gasteiger partial charge in [0.25, 0.3) is 0 Å². The van der Waals surface area contributed by atoms with Crippen LogP contribution >= 0.6 is 24.8 Å². The van der Waals surface area contributed by atoms with Crippen LogP contribution in [0.2, 0.25) is 0 Å². The molecule has 0 amide bonds. The number of aromatic hydroxyl groups is 1. The minimum absolute atomic E-state index is 0. The van der Waals surface area contributed by atoms with Crippen molar-refractivity contribution in [1.82, 2.24) is 10.2 Å². The molecule has 24 heavy (non-hydrogen) atoms. The summed E-state index contributed by atoms with van der Waals surface area (Å²) in [6.45, 7) is 8.13. The highest BCUT2D eigenvalue weighted by Gasteiger charge is 2.27. The Kier molecular flexibility index (Phi) is 10.1. The fraction of sp³-hybridized carbons (Fsp3) is 0.588. The molecular formula is C17H27Cl2N3O2. The summed E-state index contributed by atoms with van der Waals surface area (Å²) in [5, 5.41) is 23.1. The average molecular weight is 376 g/mol. The van der Waals surface area contributed by atoms with Gasteiger partial charge in [-0.2, -0.15) is 5.26 Å². The van der Waals surface area contributed by atoms with E-state index >= 15 is 0 Å². The standard InChI is InChI=1S/C17H25N3O2.2ClH/c1-12(2)8-15(20-6-4-19-5-7-20)14-9-13(11-18)10-16(22-3)17(14)21;;/h9-10,12,15,19,21H,4-8H2,1-3H3;2*1H/t15-;;/m1../s1. The Bertz CT molecular complexity index is 556. The maximum atomic E-state index is 10.5. The van der Waals surface area contributed by atoms with Crippen LogP contribution in [0.15, 0.2) is 12.1 Å². The molecule has 0 aliphatic carbocycles. The average Bonchev–Trinajstić information content (AvgIpc) is 2.54. The van der Waals surface area contributed by atoms with Gasteiger partial charge < -0.3 is 15.2 Å². The minimum atomic E-state index is 0. The summed E-state index contributed by atoms with van der Waals surface area (Å²) >= 11 is 0. The van der Waals surface area contributed by atoms with Gasteiger partial charge in [-0.25, -0.2) is 0 Å². The van der Waals surface area contributed by atoms with Gasteiger partial charge in [-0.15, -0.1) is 24.8 Å². The second-order valence-corrected chi connectivity index (χ2v) is 6.16. The van der Waals surface area contributed by atoms with Gasteiger partial charge in [-0.05, 0) is 18.4 Å². The lowest BCUT2D eigenvalue weighted by Crippen LogP contribution is -2.45. The molecule has 0 spiro atoms. The zero-order valence-electron chi connectivity index (χ0n) is 14.4. The molecule has 1 aliphatic rings. The zero-order valence-corrected chi connectivity index (χ0v) is 16.0. The van der Waals surface area contributed by atoms with Crippen molar-refractivity contribution in [3.8, 4) is 17.6 Å². The lowest BCUT2D eigenvalue weighted by molar-refractivity contribution is 0.151. The molecule has 0 radical (unpaired) electrons. The van der Waals surface area contributed by atoms with Crippen LogP contribution < -0.4 is 10.1 Å². The summed E-state index contributed by atoms with van der Waals surface area (Å²) in [5.41, 5.74) is 1.32. The third kappa shape index (κ3) is 5.42. The second kappa shape index (κ2) is 10.6.